The van der Waals surface area contributed by atoms with Crippen LogP contribution in [-0.4, -0.2) is 22.9 Å². The van der Waals surface area contributed by atoms with E-state index in [2.05, 4.69) is 27.5 Å². The molecule has 3 aromatic rings. The Bertz CT molecular complexity index is 852. The topological polar surface area (TPSA) is 42.2 Å². The van der Waals surface area contributed by atoms with Gasteiger partial charge in [0.2, 0.25) is 0 Å². The summed E-state index contributed by atoms with van der Waals surface area (Å²) in [6.45, 7) is 1.99. The maximum absolute atomic E-state index is 6.05. The average Bonchev–Trinajstić information content (AvgIpc) is 2.88. The molecule has 0 unspecified atom stereocenters. The van der Waals surface area contributed by atoms with Crippen molar-refractivity contribution < 1.29 is 0 Å². The lowest BCUT2D eigenvalue weighted by Gasteiger charge is -2.12. The van der Waals surface area contributed by atoms with E-state index in [9.17, 15) is 0 Å². The molecule has 0 aliphatic rings. The van der Waals surface area contributed by atoms with Gasteiger partial charge >= 0.3 is 0 Å². The Kier molecular flexibility index (Phi) is 4.44. The summed E-state index contributed by atoms with van der Waals surface area (Å²) in [5, 5.41) is 0.689. The summed E-state index contributed by atoms with van der Waals surface area (Å²) < 4.78 is 1.91. The van der Waals surface area contributed by atoms with Crippen molar-refractivity contribution in [2.75, 3.05) is 12.5 Å². The van der Waals surface area contributed by atoms with Gasteiger partial charge in [-0.05, 0) is 36.8 Å². The highest BCUT2D eigenvalue weighted by molar-refractivity contribution is 6.30. The molecule has 0 spiro atoms. The first-order chi connectivity index (χ1) is 11.2. The first-order valence-corrected chi connectivity index (χ1v) is 7.64. The minimum Gasteiger partial charge on any atom is -0.296 e. The molecular formula is C18H17ClN4. The van der Waals surface area contributed by atoms with Crippen molar-refractivity contribution in [3.05, 3.63) is 71.1 Å². The van der Waals surface area contributed by atoms with Crippen molar-refractivity contribution in [3.63, 3.8) is 0 Å². The lowest BCUT2D eigenvalue weighted by Crippen LogP contribution is -2.09. The van der Waals surface area contributed by atoms with Crippen molar-refractivity contribution in [1.29, 1.82) is 0 Å². The van der Waals surface area contributed by atoms with E-state index in [-0.39, 0.29) is 0 Å². The fourth-order valence-corrected chi connectivity index (χ4v) is 2.67. The highest BCUT2D eigenvalue weighted by Gasteiger charge is 2.10. The number of hydrogen-bond donors (Lipinski definition) is 1. The molecular weight excluding hydrogens is 308 g/mol. The van der Waals surface area contributed by atoms with E-state index in [0.29, 0.717) is 5.02 Å². The van der Waals surface area contributed by atoms with Gasteiger partial charge in [0, 0.05) is 23.8 Å². The van der Waals surface area contributed by atoms with Crippen molar-refractivity contribution in [2.24, 2.45) is 4.99 Å². The summed E-state index contributed by atoms with van der Waals surface area (Å²) in [5.74, 6) is 0. The van der Waals surface area contributed by atoms with Crippen LogP contribution in [0.2, 0.25) is 5.02 Å². The van der Waals surface area contributed by atoms with Crippen LogP contribution in [0.25, 0.3) is 11.3 Å². The van der Waals surface area contributed by atoms with Gasteiger partial charge in [0.1, 0.15) is 6.33 Å². The summed E-state index contributed by atoms with van der Waals surface area (Å²) >= 11 is 6.05. The molecule has 23 heavy (non-hydrogen) atoms. The predicted molar refractivity (Wildman–Crippen MR) is 96.4 cm³/mol. The Labute approximate surface area is 140 Å². The molecule has 4 nitrogen and oxygen atoms in total. The van der Waals surface area contributed by atoms with Gasteiger partial charge in [-0.2, -0.15) is 0 Å². The highest BCUT2D eigenvalue weighted by atomic mass is 35.5. The Morgan fingerprint density at radius 3 is 2.78 bits per heavy atom. The number of hydrogen-bond acceptors (Lipinski definition) is 3. The van der Waals surface area contributed by atoms with E-state index in [1.165, 1.54) is 0 Å². The van der Waals surface area contributed by atoms with Crippen LogP contribution < -0.4 is 5.43 Å². The molecule has 5 heteroatoms. The van der Waals surface area contributed by atoms with Gasteiger partial charge in [-0.3, -0.25) is 10.4 Å². The van der Waals surface area contributed by atoms with Crippen LogP contribution >= 0.6 is 11.6 Å². The molecule has 1 N–H and O–H groups in total. The van der Waals surface area contributed by atoms with Gasteiger partial charge in [-0.25, -0.2) is 9.66 Å². The van der Waals surface area contributed by atoms with E-state index in [1.807, 2.05) is 54.2 Å². The fourth-order valence-electron chi connectivity index (χ4n) is 2.48. The first-order valence-electron chi connectivity index (χ1n) is 7.26. The number of anilines is 1. The molecule has 2 aromatic carbocycles. The molecule has 3 rings (SSSR count). The monoisotopic (exact) mass is 324 g/mol. The van der Waals surface area contributed by atoms with E-state index >= 15 is 0 Å². The molecule has 0 fully saturated rings. The zero-order valence-electron chi connectivity index (χ0n) is 13.0. The fraction of sp³-hybridized carbons (Fsp3) is 0.111. The molecule has 0 saturated carbocycles. The normalized spacial score (nSPS) is 11.1. The van der Waals surface area contributed by atoms with Gasteiger partial charge in [0.25, 0.3) is 0 Å². The van der Waals surface area contributed by atoms with Gasteiger partial charge in [-0.1, -0.05) is 35.9 Å². The van der Waals surface area contributed by atoms with Gasteiger partial charge in [0.15, 0.2) is 0 Å². The molecule has 0 aliphatic heterocycles. The smallest absolute Gasteiger partial charge is 0.115 e. The maximum Gasteiger partial charge on any atom is 0.115 e. The summed E-state index contributed by atoms with van der Waals surface area (Å²) in [5.41, 5.74) is 8.32. The number of nitrogens with zero attached hydrogens (tertiary/aromatic N) is 3. The van der Waals surface area contributed by atoms with Crippen LogP contribution in [0.3, 0.4) is 0 Å². The molecule has 0 bridgehead atoms. The van der Waals surface area contributed by atoms with Crippen LogP contribution in [0.15, 0.2) is 59.9 Å². The number of rotatable bonds is 4. The Morgan fingerprint density at radius 1 is 1.17 bits per heavy atom. The SMILES string of the molecule is CN=Cc1cccc(-c2c(C)ncn2Nc2cccc(Cl)c2)c1. The number of aliphatic imine (C=N–C) groups is 1. The van der Waals surface area contributed by atoms with Crippen LogP contribution in [0.4, 0.5) is 5.69 Å². The number of aryl methyl sites for hydroxylation is 1. The van der Waals surface area contributed by atoms with Crippen LogP contribution in [-0.2, 0) is 0 Å². The van der Waals surface area contributed by atoms with E-state index in [1.54, 1.807) is 13.4 Å². The van der Waals surface area contributed by atoms with Crippen LogP contribution in [0.1, 0.15) is 11.3 Å². The van der Waals surface area contributed by atoms with Crippen LogP contribution in [0, 0.1) is 6.92 Å². The second kappa shape index (κ2) is 6.67. The minimum absolute atomic E-state index is 0.689. The van der Waals surface area contributed by atoms with E-state index < -0.39 is 0 Å². The van der Waals surface area contributed by atoms with Gasteiger partial charge in [0.05, 0.1) is 17.1 Å². The lowest BCUT2D eigenvalue weighted by atomic mass is 10.1. The number of imidazole rings is 1. The number of halogens is 1. The maximum atomic E-state index is 6.05. The number of aromatic nitrogens is 2. The molecule has 1 aromatic heterocycles. The van der Waals surface area contributed by atoms with Gasteiger partial charge in [-0.15, -0.1) is 0 Å². The van der Waals surface area contributed by atoms with E-state index in [4.69, 9.17) is 11.6 Å². The second-order valence-electron chi connectivity index (χ2n) is 5.18. The molecule has 0 atom stereocenters. The second-order valence-corrected chi connectivity index (χ2v) is 5.62. The third kappa shape index (κ3) is 3.43. The Morgan fingerprint density at radius 2 is 2.00 bits per heavy atom. The Balaban J connectivity index is 2.00. The Hall–Kier alpha value is -2.59. The van der Waals surface area contributed by atoms with Crippen molar-refractivity contribution in [3.8, 4) is 11.3 Å². The molecule has 0 aliphatic carbocycles. The molecule has 0 radical (unpaired) electrons. The number of benzene rings is 2. The summed E-state index contributed by atoms with van der Waals surface area (Å²) in [7, 11) is 1.77. The predicted octanol–water partition coefficient (Wildman–Crippen LogP) is 4.44. The number of nitrogens with one attached hydrogen (secondary N) is 1. The van der Waals surface area contributed by atoms with E-state index in [0.717, 1.165) is 28.2 Å². The highest BCUT2D eigenvalue weighted by Crippen LogP contribution is 2.24. The largest absolute Gasteiger partial charge is 0.296 e. The lowest BCUT2D eigenvalue weighted by molar-refractivity contribution is 0.962. The van der Waals surface area contributed by atoms with Gasteiger partial charge < -0.3 is 0 Å². The first kappa shape index (κ1) is 15.3. The van der Waals surface area contributed by atoms with Crippen molar-refractivity contribution >= 4 is 23.5 Å². The standard InChI is InChI=1S/C18H17ClN4/c1-13-18(15-6-3-5-14(9-15)11-20-2)23(12-21-13)22-17-8-4-7-16(19)10-17/h3-12,22H,1-2H3. The zero-order chi connectivity index (χ0) is 16.2. The quantitative estimate of drug-likeness (QED) is 0.721. The molecule has 0 amide bonds. The summed E-state index contributed by atoms with van der Waals surface area (Å²) in [6, 6.07) is 15.8. The summed E-state index contributed by atoms with van der Waals surface area (Å²) in [6.07, 6.45) is 3.61. The summed E-state index contributed by atoms with van der Waals surface area (Å²) in [4.78, 5) is 8.49. The average molecular weight is 325 g/mol. The zero-order valence-corrected chi connectivity index (χ0v) is 13.7. The van der Waals surface area contributed by atoms with Crippen molar-refractivity contribution in [1.82, 2.24) is 9.66 Å². The van der Waals surface area contributed by atoms with Crippen molar-refractivity contribution in [2.45, 2.75) is 6.92 Å². The third-order valence-corrected chi connectivity index (χ3v) is 3.70. The molecule has 116 valence electrons. The molecule has 1 heterocycles. The minimum atomic E-state index is 0.689. The third-order valence-electron chi connectivity index (χ3n) is 3.46. The molecule has 0 saturated heterocycles. The van der Waals surface area contributed by atoms with Crippen LogP contribution in [0.5, 0.6) is 0 Å².